The number of fused-ring (bicyclic) bond motifs is 1. The minimum Gasteiger partial charge on any atom is -0.288 e. The molecule has 0 aromatic heterocycles. The summed E-state index contributed by atoms with van der Waals surface area (Å²) in [7, 11) is -3.74. The van der Waals surface area contributed by atoms with Gasteiger partial charge < -0.3 is 0 Å². The molecule has 3 rings (SSSR count). The van der Waals surface area contributed by atoms with Crippen molar-refractivity contribution in [2.75, 3.05) is 10.8 Å². The highest BCUT2D eigenvalue weighted by Gasteiger charge is 2.29. The maximum absolute atomic E-state index is 13.1. The van der Waals surface area contributed by atoms with E-state index in [1.165, 1.54) is 4.31 Å². The number of hydrogen-bond donors (Lipinski definition) is 0. The Bertz CT molecular complexity index is 918. The van der Waals surface area contributed by atoms with Gasteiger partial charge in [-0.25, -0.2) is 8.42 Å². The highest BCUT2D eigenvalue weighted by Crippen LogP contribution is 2.32. The number of para-hydroxylation sites is 1. The van der Waals surface area contributed by atoms with Gasteiger partial charge in [-0.2, -0.15) is 0 Å². The van der Waals surface area contributed by atoms with Crippen molar-refractivity contribution in [1.29, 1.82) is 0 Å². The average Bonchev–Trinajstić information content (AvgIpc) is 2.57. The van der Waals surface area contributed by atoms with Crippen LogP contribution >= 0.6 is 15.9 Å². The van der Waals surface area contributed by atoms with Gasteiger partial charge in [0.15, 0.2) is 0 Å². The van der Waals surface area contributed by atoms with E-state index in [0.717, 1.165) is 5.56 Å². The van der Waals surface area contributed by atoms with Gasteiger partial charge in [0.05, 0.1) is 15.1 Å². The maximum atomic E-state index is 13.1. The van der Waals surface area contributed by atoms with Crippen molar-refractivity contribution >= 4 is 37.4 Å². The van der Waals surface area contributed by atoms with Crippen LogP contribution in [0.25, 0.3) is 0 Å². The molecule has 0 spiro atoms. The molecule has 0 fully saturated rings. The van der Waals surface area contributed by atoms with E-state index in [0.29, 0.717) is 22.2 Å². The lowest BCUT2D eigenvalue weighted by Gasteiger charge is -2.27. The number of hydrogen-bond acceptors (Lipinski definition) is 3. The van der Waals surface area contributed by atoms with E-state index in [-0.39, 0.29) is 17.2 Å². The summed E-state index contributed by atoms with van der Waals surface area (Å²) in [5.41, 5.74) is 1.77. The third-order valence-electron chi connectivity index (χ3n) is 3.90. The van der Waals surface area contributed by atoms with Gasteiger partial charge in [-0.3, -0.25) is 9.10 Å². The summed E-state index contributed by atoms with van der Waals surface area (Å²) in [5, 5.41) is 0. The number of ketones is 1. The fraction of sp³-hybridized carbons (Fsp3) is 0.167. The van der Waals surface area contributed by atoms with Crippen molar-refractivity contribution in [2.45, 2.75) is 18.2 Å². The summed E-state index contributed by atoms with van der Waals surface area (Å²) in [6.07, 6.45) is 2.17. The monoisotopic (exact) mass is 405 g/mol. The molecule has 1 aliphatic rings. The Hall–Kier alpha value is -1.92. The summed E-state index contributed by atoms with van der Waals surface area (Å²) in [6.45, 7) is 2.18. The zero-order valence-electron chi connectivity index (χ0n) is 13.1. The van der Waals surface area contributed by atoms with Gasteiger partial charge in [-0.1, -0.05) is 35.9 Å². The predicted octanol–water partition coefficient (Wildman–Crippen LogP) is 4.06. The lowest BCUT2D eigenvalue weighted by atomic mass is 10.1. The van der Waals surface area contributed by atoms with Crippen LogP contribution in [0.15, 0.2) is 64.0 Å². The average molecular weight is 406 g/mol. The lowest BCUT2D eigenvalue weighted by Crippen LogP contribution is -2.34. The van der Waals surface area contributed by atoms with Crippen LogP contribution in [0, 0.1) is 6.92 Å². The van der Waals surface area contributed by atoms with E-state index < -0.39 is 10.0 Å². The Morgan fingerprint density at radius 3 is 2.42 bits per heavy atom. The van der Waals surface area contributed by atoms with Crippen LogP contribution in [0.3, 0.4) is 0 Å². The number of aryl methyl sites for hydroxylation is 1. The van der Waals surface area contributed by atoms with E-state index in [2.05, 4.69) is 15.9 Å². The molecule has 0 saturated carbocycles. The summed E-state index contributed by atoms with van der Waals surface area (Å²) < 4.78 is 28.0. The van der Waals surface area contributed by atoms with Gasteiger partial charge >= 0.3 is 0 Å². The number of benzene rings is 2. The van der Waals surface area contributed by atoms with Crippen LogP contribution in [0.2, 0.25) is 0 Å². The summed E-state index contributed by atoms with van der Waals surface area (Å²) in [4.78, 5) is 12.7. The van der Waals surface area contributed by atoms with Gasteiger partial charge in [0, 0.05) is 12.1 Å². The maximum Gasteiger partial charge on any atom is 0.264 e. The molecule has 1 aliphatic heterocycles. The molecule has 124 valence electrons. The van der Waals surface area contributed by atoms with Gasteiger partial charge in [0.1, 0.15) is 0 Å². The largest absolute Gasteiger partial charge is 0.288 e. The van der Waals surface area contributed by atoms with Crippen molar-refractivity contribution in [1.82, 2.24) is 0 Å². The number of sulfonamides is 1. The van der Waals surface area contributed by atoms with Crippen molar-refractivity contribution in [3.63, 3.8) is 0 Å². The summed E-state index contributed by atoms with van der Waals surface area (Å²) >= 11 is 3.28. The highest BCUT2D eigenvalue weighted by molar-refractivity contribution is 9.12. The first-order chi connectivity index (χ1) is 11.4. The van der Waals surface area contributed by atoms with E-state index >= 15 is 0 Å². The minimum absolute atomic E-state index is 0.214. The third-order valence-corrected chi connectivity index (χ3v) is 6.41. The van der Waals surface area contributed by atoms with E-state index in [9.17, 15) is 13.2 Å². The zero-order chi connectivity index (χ0) is 17.3. The second-order valence-corrected chi connectivity index (χ2v) is 8.29. The number of nitrogens with zero attached hydrogens (tertiary/aromatic N) is 1. The molecular formula is C18H16BrNO3S. The van der Waals surface area contributed by atoms with Crippen molar-refractivity contribution in [3.05, 3.63) is 70.2 Å². The molecule has 0 atom stereocenters. The zero-order valence-corrected chi connectivity index (χ0v) is 15.5. The Labute approximate surface area is 150 Å². The Morgan fingerprint density at radius 2 is 1.71 bits per heavy atom. The van der Waals surface area contributed by atoms with Crippen LogP contribution < -0.4 is 4.31 Å². The van der Waals surface area contributed by atoms with Crippen LogP contribution in [0.5, 0.6) is 0 Å². The van der Waals surface area contributed by atoms with Crippen molar-refractivity contribution in [2.24, 2.45) is 0 Å². The topological polar surface area (TPSA) is 54.5 Å². The smallest absolute Gasteiger partial charge is 0.264 e. The molecule has 4 nitrogen and oxygen atoms in total. The molecule has 6 heteroatoms. The predicted molar refractivity (Wildman–Crippen MR) is 98.1 cm³/mol. The number of carbonyl (C=O) groups is 1. The van der Waals surface area contributed by atoms with E-state index in [1.807, 2.05) is 6.92 Å². The molecule has 1 heterocycles. The van der Waals surface area contributed by atoms with Crippen LogP contribution in [-0.4, -0.2) is 20.7 Å². The van der Waals surface area contributed by atoms with Crippen molar-refractivity contribution < 1.29 is 13.2 Å². The Kier molecular flexibility index (Phi) is 4.60. The van der Waals surface area contributed by atoms with E-state index in [4.69, 9.17) is 0 Å². The lowest BCUT2D eigenvalue weighted by molar-refractivity contribution is 0.104. The Balaban J connectivity index is 2.15. The van der Waals surface area contributed by atoms with Crippen molar-refractivity contribution in [3.8, 4) is 0 Å². The fourth-order valence-corrected chi connectivity index (χ4v) is 4.56. The standard InChI is InChI=1S/C18H16BrNO3S/c1-13-8-10-14(11-9-13)24(22,23)20-12-4-6-16(19)18(21)15-5-2-3-7-17(15)20/h2-3,5-11H,4,12H2,1H3/b16-6+. The molecular weight excluding hydrogens is 390 g/mol. The van der Waals surface area contributed by atoms with Crippen LogP contribution in [0.1, 0.15) is 22.3 Å². The second kappa shape index (κ2) is 6.53. The summed E-state index contributed by atoms with van der Waals surface area (Å²) in [5.74, 6) is -0.214. The number of carbonyl (C=O) groups excluding carboxylic acids is 1. The first kappa shape index (κ1) is 16.9. The molecule has 0 saturated heterocycles. The molecule has 0 amide bonds. The van der Waals surface area contributed by atoms with Gasteiger partial charge in [0.2, 0.25) is 5.78 Å². The minimum atomic E-state index is -3.74. The molecule has 2 aromatic carbocycles. The normalized spacial score (nSPS) is 17.5. The van der Waals surface area contributed by atoms with Gasteiger partial charge in [-0.15, -0.1) is 0 Å². The van der Waals surface area contributed by atoms with Gasteiger partial charge in [0.25, 0.3) is 10.0 Å². The molecule has 24 heavy (non-hydrogen) atoms. The number of Topliss-reactive ketones (excluding diaryl/α,β-unsaturated/α-hetero) is 1. The van der Waals surface area contributed by atoms with Gasteiger partial charge in [-0.05, 0) is 53.5 Å². The summed E-state index contributed by atoms with van der Waals surface area (Å²) in [6, 6.07) is 13.5. The highest BCUT2D eigenvalue weighted by atomic mass is 79.9. The molecule has 2 aromatic rings. The fourth-order valence-electron chi connectivity index (χ4n) is 2.62. The first-order valence-electron chi connectivity index (χ1n) is 7.50. The quantitative estimate of drug-likeness (QED) is 0.756. The number of rotatable bonds is 2. The molecule has 0 unspecified atom stereocenters. The Morgan fingerprint density at radius 1 is 1.04 bits per heavy atom. The van der Waals surface area contributed by atoms with Crippen LogP contribution in [0.4, 0.5) is 5.69 Å². The molecule has 0 radical (unpaired) electrons. The number of halogens is 1. The molecule has 0 N–H and O–H groups in total. The van der Waals surface area contributed by atoms with Crippen LogP contribution in [-0.2, 0) is 10.0 Å². The number of anilines is 1. The first-order valence-corrected chi connectivity index (χ1v) is 9.73. The SMILES string of the molecule is Cc1ccc(S(=O)(=O)N2CC/C=C(/Br)C(=O)c3ccccc32)cc1. The second-order valence-electron chi connectivity index (χ2n) is 5.58. The third kappa shape index (κ3) is 3.03. The molecule has 0 bridgehead atoms. The van der Waals surface area contributed by atoms with E-state index in [1.54, 1.807) is 54.6 Å². The molecule has 0 aliphatic carbocycles. The number of allylic oxidation sites excluding steroid dienone is 1.